The van der Waals surface area contributed by atoms with Crippen LogP contribution in [0.15, 0.2) is 6.33 Å². The van der Waals surface area contributed by atoms with Crippen molar-refractivity contribution >= 4 is 11.6 Å². The highest BCUT2D eigenvalue weighted by atomic mass is 15.7. The maximum Gasteiger partial charge on any atom is 0.153 e. The van der Waals surface area contributed by atoms with Crippen LogP contribution in [-0.4, -0.2) is 28.1 Å². The molecule has 1 fully saturated rings. The van der Waals surface area contributed by atoms with Crippen LogP contribution in [0.1, 0.15) is 57.1 Å². The van der Waals surface area contributed by atoms with Crippen molar-refractivity contribution in [3.63, 3.8) is 0 Å². The van der Waals surface area contributed by atoms with Gasteiger partial charge in [-0.2, -0.15) is 0 Å². The first kappa shape index (κ1) is 12.7. The SMILES string of the molecule is CC1c2c(N)ncnc2N(C2CCCCCC2)N1C. The van der Waals surface area contributed by atoms with Crippen LogP contribution in [0, 0.1) is 0 Å². The maximum atomic E-state index is 6.04. The summed E-state index contributed by atoms with van der Waals surface area (Å²) in [7, 11) is 2.14. The predicted octanol–water partition coefficient (Wildman–Crippen LogP) is 2.51. The van der Waals surface area contributed by atoms with E-state index in [1.54, 1.807) is 6.33 Å². The van der Waals surface area contributed by atoms with Crippen LogP contribution >= 0.6 is 0 Å². The van der Waals surface area contributed by atoms with Gasteiger partial charge in [0, 0.05) is 13.1 Å². The van der Waals surface area contributed by atoms with Crippen LogP contribution in [-0.2, 0) is 0 Å². The molecule has 1 saturated carbocycles. The lowest BCUT2D eigenvalue weighted by Gasteiger charge is -2.35. The fraction of sp³-hybridized carbons (Fsp3) is 0.714. The predicted molar refractivity (Wildman–Crippen MR) is 76.6 cm³/mol. The number of anilines is 2. The summed E-state index contributed by atoms with van der Waals surface area (Å²) in [6, 6.07) is 0.824. The Morgan fingerprint density at radius 3 is 2.53 bits per heavy atom. The van der Waals surface area contributed by atoms with Crippen LogP contribution in [0.3, 0.4) is 0 Å². The average Bonchev–Trinajstić information content (AvgIpc) is 2.61. The summed E-state index contributed by atoms with van der Waals surface area (Å²) in [6.45, 7) is 2.18. The smallest absolute Gasteiger partial charge is 0.153 e. The van der Waals surface area contributed by atoms with Gasteiger partial charge in [-0.25, -0.2) is 15.0 Å². The van der Waals surface area contributed by atoms with Crippen LogP contribution < -0.4 is 10.7 Å². The molecule has 19 heavy (non-hydrogen) atoms. The van der Waals surface area contributed by atoms with Gasteiger partial charge in [0.1, 0.15) is 12.1 Å². The van der Waals surface area contributed by atoms with E-state index in [4.69, 9.17) is 5.73 Å². The van der Waals surface area contributed by atoms with Crippen molar-refractivity contribution in [1.82, 2.24) is 15.0 Å². The van der Waals surface area contributed by atoms with Crippen molar-refractivity contribution in [3.8, 4) is 0 Å². The number of hydrazine groups is 1. The zero-order valence-corrected chi connectivity index (χ0v) is 11.8. The van der Waals surface area contributed by atoms with Crippen LogP contribution in [0.5, 0.6) is 0 Å². The third kappa shape index (κ3) is 2.06. The van der Waals surface area contributed by atoms with Crippen molar-refractivity contribution in [2.75, 3.05) is 17.8 Å². The largest absolute Gasteiger partial charge is 0.383 e. The van der Waals surface area contributed by atoms with E-state index < -0.39 is 0 Å². The Kier molecular flexibility index (Phi) is 3.31. The first-order chi connectivity index (χ1) is 9.20. The van der Waals surface area contributed by atoms with Crippen LogP contribution in [0.4, 0.5) is 11.6 Å². The lowest BCUT2D eigenvalue weighted by atomic mass is 10.1. The molecular weight excluding hydrogens is 238 g/mol. The summed E-state index contributed by atoms with van der Waals surface area (Å²) >= 11 is 0. The number of rotatable bonds is 1. The monoisotopic (exact) mass is 261 g/mol. The van der Waals surface area contributed by atoms with Crippen molar-refractivity contribution in [1.29, 1.82) is 0 Å². The Hall–Kier alpha value is -1.36. The molecule has 2 N–H and O–H groups in total. The number of aromatic nitrogens is 2. The highest BCUT2D eigenvalue weighted by Crippen LogP contribution is 2.42. The second-order valence-electron chi connectivity index (χ2n) is 5.74. The summed E-state index contributed by atoms with van der Waals surface area (Å²) in [5.74, 6) is 1.65. The molecule has 0 spiro atoms. The Labute approximate surface area is 114 Å². The van der Waals surface area contributed by atoms with Gasteiger partial charge in [-0.05, 0) is 19.8 Å². The molecule has 1 aromatic rings. The minimum absolute atomic E-state index is 0.263. The zero-order chi connectivity index (χ0) is 13.4. The van der Waals surface area contributed by atoms with Crippen molar-refractivity contribution in [3.05, 3.63) is 11.9 Å². The van der Waals surface area contributed by atoms with E-state index in [0.29, 0.717) is 11.9 Å². The summed E-state index contributed by atoms with van der Waals surface area (Å²) in [5, 5.41) is 4.65. The summed E-state index contributed by atoms with van der Waals surface area (Å²) in [5.41, 5.74) is 7.13. The fourth-order valence-corrected chi connectivity index (χ4v) is 3.44. The second-order valence-corrected chi connectivity index (χ2v) is 5.74. The molecule has 0 bridgehead atoms. The molecule has 1 atom stereocenters. The molecule has 2 aliphatic rings. The number of hydrogen-bond donors (Lipinski definition) is 1. The van der Waals surface area contributed by atoms with E-state index in [-0.39, 0.29) is 6.04 Å². The van der Waals surface area contributed by atoms with Gasteiger partial charge in [-0.3, -0.25) is 5.01 Å². The van der Waals surface area contributed by atoms with Crippen molar-refractivity contribution in [2.24, 2.45) is 0 Å². The average molecular weight is 261 g/mol. The van der Waals surface area contributed by atoms with Gasteiger partial charge >= 0.3 is 0 Å². The van der Waals surface area contributed by atoms with E-state index in [0.717, 1.165) is 11.4 Å². The third-order valence-electron chi connectivity index (χ3n) is 4.60. The molecule has 0 saturated heterocycles. The van der Waals surface area contributed by atoms with Gasteiger partial charge in [0.05, 0.1) is 11.6 Å². The van der Waals surface area contributed by atoms with Gasteiger partial charge in [0.25, 0.3) is 0 Å². The summed E-state index contributed by atoms with van der Waals surface area (Å²) in [4.78, 5) is 8.65. The van der Waals surface area contributed by atoms with Crippen LogP contribution in [0.25, 0.3) is 0 Å². The molecule has 5 nitrogen and oxygen atoms in total. The fourth-order valence-electron chi connectivity index (χ4n) is 3.44. The van der Waals surface area contributed by atoms with Gasteiger partial charge < -0.3 is 5.73 Å². The number of hydrogen-bond acceptors (Lipinski definition) is 5. The van der Waals surface area contributed by atoms with Gasteiger partial charge in [-0.15, -0.1) is 0 Å². The van der Waals surface area contributed by atoms with Gasteiger partial charge in [-0.1, -0.05) is 25.7 Å². The second kappa shape index (κ2) is 4.96. The van der Waals surface area contributed by atoms with Gasteiger partial charge in [0.2, 0.25) is 0 Å². The Morgan fingerprint density at radius 2 is 1.84 bits per heavy atom. The van der Waals surface area contributed by atoms with Crippen LogP contribution in [0.2, 0.25) is 0 Å². The number of nitrogen functional groups attached to an aromatic ring is 1. The van der Waals surface area contributed by atoms with E-state index >= 15 is 0 Å². The standard InChI is InChI=1S/C14H23N5/c1-10-12-13(15)16-9-17-14(12)19(18(10)2)11-7-5-3-4-6-8-11/h9-11H,3-8H2,1-2H3,(H2,15,16,17). The Bertz CT molecular complexity index is 453. The molecule has 0 radical (unpaired) electrons. The zero-order valence-electron chi connectivity index (χ0n) is 11.8. The topological polar surface area (TPSA) is 58.3 Å². The van der Waals surface area contributed by atoms with E-state index in [9.17, 15) is 0 Å². The molecule has 3 rings (SSSR count). The van der Waals surface area contributed by atoms with E-state index in [2.05, 4.69) is 34.0 Å². The molecule has 2 heterocycles. The lowest BCUT2D eigenvalue weighted by Crippen LogP contribution is -2.44. The molecule has 104 valence electrons. The number of nitrogens with two attached hydrogens (primary N) is 1. The highest BCUT2D eigenvalue weighted by molar-refractivity contribution is 5.61. The molecule has 5 heteroatoms. The van der Waals surface area contributed by atoms with E-state index in [1.807, 2.05) is 0 Å². The normalized spacial score (nSPS) is 25.4. The van der Waals surface area contributed by atoms with Crippen molar-refractivity contribution < 1.29 is 0 Å². The number of fused-ring (bicyclic) bond motifs is 1. The molecule has 1 aliphatic heterocycles. The quantitative estimate of drug-likeness (QED) is 0.787. The van der Waals surface area contributed by atoms with Gasteiger partial charge in [0.15, 0.2) is 5.82 Å². The first-order valence-electron chi connectivity index (χ1n) is 7.32. The maximum absolute atomic E-state index is 6.04. The summed E-state index contributed by atoms with van der Waals surface area (Å²) < 4.78 is 0. The van der Waals surface area contributed by atoms with E-state index in [1.165, 1.54) is 38.5 Å². The molecular formula is C14H23N5. The lowest BCUT2D eigenvalue weighted by molar-refractivity contribution is 0.228. The summed E-state index contributed by atoms with van der Waals surface area (Å²) in [6.07, 6.45) is 9.45. The molecule has 1 unspecified atom stereocenters. The highest BCUT2D eigenvalue weighted by Gasteiger charge is 2.38. The molecule has 1 aromatic heterocycles. The molecule has 0 amide bonds. The molecule has 1 aliphatic carbocycles. The molecule has 0 aromatic carbocycles. The number of nitrogens with zero attached hydrogens (tertiary/aromatic N) is 4. The Balaban J connectivity index is 1.96. The van der Waals surface area contributed by atoms with Crippen molar-refractivity contribution in [2.45, 2.75) is 57.5 Å². The Morgan fingerprint density at radius 1 is 1.16 bits per heavy atom. The minimum Gasteiger partial charge on any atom is -0.383 e. The third-order valence-corrected chi connectivity index (χ3v) is 4.60. The minimum atomic E-state index is 0.263. The first-order valence-corrected chi connectivity index (χ1v) is 7.32.